The first kappa shape index (κ1) is 30.8. The van der Waals surface area contributed by atoms with Gasteiger partial charge in [0.2, 0.25) is 17.7 Å². The van der Waals surface area contributed by atoms with E-state index in [-0.39, 0.29) is 43.3 Å². The molecule has 10 nitrogen and oxygen atoms in total. The van der Waals surface area contributed by atoms with Gasteiger partial charge >= 0.3 is 6.18 Å². The Morgan fingerprint density at radius 1 is 1.09 bits per heavy atom. The predicted octanol–water partition coefficient (Wildman–Crippen LogP) is 4.52. The number of alkyl halides is 3. The SMILES string of the molecule is Nc1ccccc1-n1c(SC2CCC2)nc2c(c1=O)CN(C(=O)CCNCc1nnc(Cc3ccc(C(F)(F)F)cc3)o1)CC2. The zero-order chi connectivity index (χ0) is 31.6. The Hall–Kier alpha value is -4.17. The molecule has 6 rings (SSSR count). The Morgan fingerprint density at radius 3 is 2.56 bits per heavy atom. The number of nitrogens with one attached hydrogen (secondary N) is 1. The first-order valence-corrected chi connectivity index (χ1v) is 15.7. The number of para-hydroxylation sites is 2. The molecule has 2 aromatic carbocycles. The number of hydrogen-bond donors (Lipinski definition) is 2. The second-order valence-corrected chi connectivity index (χ2v) is 12.4. The van der Waals surface area contributed by atoms with Crippen LogP contribution in [0, 0.1) is 0 Å². The Bertz CT molecular complexity index is 1740. The molecule has 0 saturated heterocycles. The maximum atomic E-state index is 13.9. The molecule has 3 heterocycles. The Balaban J connectivity index is 1.04. The zero-order valence-corrected chi connectivity index (χ0v) is 25.2. The fourth-order valence-corrected chi connectivity index (χ4v) is 6.57. The number of amides is 1. The van der Waals surface area contributed by atoms with E-state index in [9.17, 15) is 22.8 Å². The second-order valence-electron chi connectivity index (χ2n) is 11.1. The molecule has 1 saturated carbocycles. The van der Waals surface area contributed by atoms with Crippen molar-refractivity contribution in [2.75, 3.05) is 18.8 Å². The van der Waals surface area contributed by atoms with Gasteiger partial charge in [0.1, 0.15) is 0 Å². The number of benzene rings is 2. The highest BCUT2D eigenvalue weighted by molar-refractivity contribution is 7.99. The van der Waals surface area contributed by atoms with Gasteiger partial charge in [-0.15, -0.1) is 10.2 Å². The molecule has 3 N–H and O–H groups in total. The summed E-state index contributed by atoms with van der Waals surface area (Å²) in [5.41, 5.74) is 8.29. The molecule has 0 unspecified atom stereocenters. The van der Waals surface area contributed by atoms with E-state index in [2.05, 4.69) is 15.5 Å². The van der Waals surface area contributed by atoms with Gasteiger partial charge in [-0.1, -0.05) is 42.4 Å². The first-order valence-electron chi connectivity index (χ1n) is 14.8. The average molecular weight is 640 g/mol. The lowest BCUT2D eigenvalue weighted by atomic mass is 10.0. The smallest absolute Gasteiger partial charge is 0.416 e. The van der Waals surface area contributed by atoms with Crippen LogP contribution in [0.15, 0.2) is 62.9 Å². The molecule has 2 aliphatic rings. The van der Waals surface area contributed by atoms with Gasteiger partial charge < -0.3 is 20.4 Å². The third kappa shape index (κ3) is 7.06. The van der Waals surface area contributed by atoms with Crippen LogP contribution in [-0.2, 0) is 36.9 Å². The molecule has 1 amide bonds. The molecule has 45 heavy (non-hydrogen) atoms. The van der Waals surface area contributed by atoms with Gasteiger partial charge in [0, 0.05) is 31.2 Å². The van der Waals surface area contributed by atoms with Crippen molar-refractivity contribution < 1.29 is 22.4 Å². The van der Waals surface area contributed by atoms with Crippen molar-refractivity contribution in [2.45, 2.75) is 68.2 Å². The lowest BCUT2D eigenvalue weighted by Gasteiger charge is -2.30. The number of anilines is 1. The number of rotatable bonds is 10. The van der Waals surface area contributed by atoms with Gasteiger partial charge in [-0.25, -0.2) is 4.98 Å². The lowest BCUT2D eigenvalue weighted by Crippen LogP contribution is -2.42. The molecule has 1 aliphatic carbocycles. The predicted molar refractivity (Wildman–Crippen MR) is 162 cm³/mol. The second kappa shape index (κ2) is 13.1. The molecule has 0 bridgehead atoms. The highest BCUT2D eigenvalue weighted by Gasteiger charge is 2.31. The molecule has 236 valence electrons. The van der Waals surface area contributed by atoms with Gasteiger partial charge in [0.15, 0.2) is 5.16 Å². The number of nitrogens with zero attached hydrogens (tertiary/aromatic N) is 5. The maximum Gasteiger partial charge on any atom is 0.416 e. The number of nitrogen functional groups attached to an aromatic ring is 1. The summed E-state index contributed by atoms with van der Waals surface area (Å²) in [4.78, 5) is 33.6. The molecule has 14 heteroatoms. The number of aromatic nitrogens is 4. The van der Waals surface area contributed by atoms with Crippen LogP contribution in [0.5, 0.6) is 0 Å². The van der Waals surface area contributed by atoms with Crippen molar-refractivity contribution in [3.05, 3.63) is 93.1 Å². The maximum absolute atomic E-state index is 13.9. The Morgan fingerprint density at radius 2 is 1.84 bits per heavy atom. The fourth-order valence-electron chi connectivity index (χ4n) is 5.25. The lowest BCUT2D eigenvalue weighted by molar-refractivity contribution is -0.137. The zero-order valence-electron chi connectivity index (χ0n) is 24.3. The average Bonchev–Trinajstić information content (AvgIpc) is 3.44. The topological polar surface area (TPSA) is 132 Å². The number of carbonyl (C=O) groups excluding carboxylic acids is 1. The molecule has 2 aromatic heterocycles. The molecule has 4 aromatic rings. The molecule has 1 aliphatic heterocycles. The molecule has 1 fully saturated rings. The van der Waals surface area contributed by atoms with E-state index in [4.69, 9.17) is 15.1 Å². The Labute approximate surface area is 261 Å². The standard InChI is InChI=1S/C31H32F3N7O3S/c32-31(33,34)20-10-8-19(9-11-20)16-26-38-39-27(44-26)17-36-14-12-28(42)40-15-13-24-22(18-40)29(43)41(25-7-2-1-6-23(25)35)30(37-24)45-21-4-3-5-21/h1-2,6-11,21,36H,3-5,12-18,35H2. The van der Waals surface area contributed by atoms with Crippen LogP contribution in [0.3, 0.4) is 0 Å². The van der Waals surface area contributed by atoms with E-state index in [1.165, 1.54) is 18.6 Å². The normalized spacial score (nSPS) is 15.1. The van der Waals surface area contributed by atoms with Crippen LogP contribution in [0.25, 0.3) is 5.69 Å². The van der Waals surface area contributed by atoms with Crippen molar-refractivity contribution in [3.63, 3.8) is 0 Å². The van der Waals surface area contributed by atoms with Crippen molar-refractivity contribution in [2.24, 2.45) is 0 Å². The third-order valence-electron chi connectivity index (χ3n) is 7.99. The highest BCUT2D eigenvalue weighted by atomic mass is 32.2. The monoisotopic (exact) mass is 639 g/mol. The minimum absolute atomic E-state index is 0.0974. The highest BCUT2D eigenvalue weighted by Crippen LogP contribution is 2.37. The minimum Gasteiger partial charge on any atom is -0.424 e. The van der Waals surface area contributed by atoms with Gasteiger partial charge in [-0.2, -0.15) is 13.2 Å². The summed E-state index contributed by atoms with van der Waals surface area (Å²) in [6.45, 7) is 1.22. The van der Waals surface area contributed by atoms with Crippen LogP contribution < -0.4 is 16.6 Å². The van der Waals surface area contributed by atoms with Crippen molar-refractivity contribution in [1.29, 1.82) is 0 Å². The fraction of sp³-hybridized carbons (Fsp3) is 0.387. The van der Waals surface area contributed by atoms with E-state index in [1.807, 2.05) is 18.2 Å². The number of halogens is 3. The van der Waals surface area contributed by atoms with E-state index in [0.717, 1.165) is 30.7 Å². The largest absolute Gasteiger partial charge is 0.424 e. The summed E-state index contributed by atoms with van der Waals surface area (Å²) in [7, 11) is 0. The summed E-state index contributed by atoms with van der Waals surface area (Å²) < 4.78 is 45.5. The van der Waals surface area contributed by atoms with Crippen LogP contribution in [0.4, 0.5) is 18.9 Å². The van der Waals surface area contributed by atoms with Crippen LogP contribution in [0.1, 0.15) is 59.8 Å². The number of carbonyl (C=O) groups is 1. The number of thioether (sulfide) groups is 1. The van der Waals surface area contributed by atoms with Gasteiger partial charge in [0.05, 0.1) is 47.7 Å². The van der Waals surface area contributed by atoms with Crippen molar-refractivity contribution in [1.82, 2.24) is 30.0 Å². The molecule has 0 atom stereocenters. The molecular formula is C31H32F3N7O3S. The van der Waals surface area contributed by atoms with E-state index < -0.39 is 11.7 Å². The summed E-state index contributed by atoms with van der Waals surface area (Å²) in [5, 5.41) is 12.1. The van der Waals surface area contributed by atoms with Crippen molar-refractivity contribution >= 4 is 23.4 Å². The summed E-state index contributed by atoms with van der Waals surface area (Å²) in [6, 6.07) is 12.0. The number of hydrogen-bond acceptors (Lipinski definition) is 9. The van der Waals surface area contributed by atoms with Crippen LogP contribution in [0.2, 0.25) is 0 Å². The Kier molecular flexibility index (Phi) is 8.95. The minimum atomic E-state index is -4.39. The third-order valence-corrected chi connectivity index (χ3v) is 9.28. The van der Waals surface area contributed by atoms with E-state index >= 15 is 0 Å². The van der Waals surface area contributed by atoms with Crippen LogP contribution in [-0.4, -0.2) is 48.9 Å². The number of nitrogens with two attached hydrogens (primary N) is 1. The summed E-state index contributed by atoms with van der Waals surface area (Å²) in [6.07, 6.45) is -0.136. The van der Waals surface area contributed by atoms with E-state index in [0.29, 0.717) is 58.3 Å². The first-order chi connectivity index (χ1) is 21.7. The van der Waals surface area contributed by atoms with Crippen LogP contribution >= 0.6 is 11.8 Å². The summed E-state index contributed by atoms with van der Waals surface area (Å²) >= 11 is 1.62. The molecular weight excluding hydrogens is 607 g/mol. The quantitative estimate of drug-likeness (QED) is 0.146. The van der Waals surface area contributed by atoms with Crippen molar-refractivity contribution in [3.8, 4) is 5.69 Å². The van der Waals surface area contributed by atoms with Gasteiger partial charge in [-0.3, -0.25) is 14.2 Å². The molecule has 0 radical (unpaired) electrons. The van der Waals surface area contributed by atoms with E-state index in [1.54, 1.807) is 27.3 Å². The van der Waals surface area contributed by atoms with Gasteiger partial charge in [0.25, 0.3) is 5.56 Å². The summed E-state index contributed by atoms with van der Waals surface area (Å²) in [5.74, 6) is 0.485. The molecule has 0 spiro atoms. The van der Waals surface area contributed by atoms with Gasteiger partial charge in [-0.05, 0) is 42.7 Å². The number of fused-ring (bicyclic) bond motifs is 1.